The lowest BCUT2D eigenvalue weighted by atomic mass is 9.88. The number of rotatable bonds is 6. The minimum Gasteiger partial charge on any atom is -0.460 e. The maximum atomic E-state index is 5.70. The molecule has 0 aromatic carbocycles. The first-order valence-corrected chi connectivity index (χ1v) is 8.16. The van der Waals surface area contributed by atoms with Crippen molar-refractivity contribution in [3.63, 3.8) is 0 Å². The smallest absolute Gasteiger partial charge is 0.152 e. The Hall–Kier alpha value is -1.63. The molecule has 3 rings (SSSR count). The van der Waals surface area contributed by atoms with Crippen molar-refractivity contribution in [2.75, 3.05) is 33.9 Å². The summed E-state index contributed by atoms with van der Waals surface area (Å²) in [7, 11) is 4.31. The SMILES string of the molecule is Cc1ccc(-c2[nH]ncc2CNCC2(N(C)C)CCOCC2)o1. The number of nitrogens with zero attached hydrogens (tertiary/aromatic N) is 2. The largest absolute Gasteiger partial charge is 0.460 e. The molecular weight excluding hydrogens is 292 g/mol. The summed E-state index contributed by atoms with van der Waals surface area (Å²) in [6.07, 6.45) is 3.98. The van der Waals surface area contributed by atoms with Gasteiger partial charge in [-0.3, -0.25) is 5.10 Å². The number of aromatic amines is 1. The number of H-pyrrole nitrogens is 1. The third-order valence-corrected chi connectivity index (χ3v) is 4.85. The Morgan fingerprint density at radius 3 is 2.74 bits per heavy atom. The molecule has 126 valence electrons. The van der Waals surface area contributed by atoms with Gasteiger partial charge in [-0.05, 0) is 46.0 Å². The molecule has 6 nitrogen and oxygen atoms in total. The quantitative estimate of drug-likeness (QED) is 0.854. The van der Waals surface area contributed by atoms with Crippen LogP contribution in [0.5, 0.6) is 0 Å². The van der Waals surface area contributed by atoms with Crippen LogP contribution in [0.2, 0.25) is 0 Å². The number of furan rings is 1. The summed E-state index contributed by atoms with van der Waals surface area (Å²) < 4.78 is 11.2. The number of hydrogen-bond acceptors (Lipinski definition) is 5. The Kier molecular flexibility index (Phi) is 4.84. The zero-order valence-corrected chi connectivity index (χ0v) is 14.2. The van der Waals surface area contributed by atoms with Crippen LogP contribution in [0.15, 0.2) is 22.7 Å². The van der Waals surface area contributed by atoms with Gasteiger partial charge in [-0.25, -0.2) is 0 Å². The van der Waals surface area contributed by atoms with E-state index in [1.807, 2.05) is 25.3 Å². The van der Waals surface area contributed by atoms with Gasteiger partial charge in [0.25, 0.3) is 0 Å². The van der Waals surface area contributed by atoms with Crippen molar-refractivity contribution in [1.82, 2.24) is 20.4 Å². The van der Waals surface area contributed by atoms with E-state index < -0.39 is 0 Å². The molecule has 1 aliphatic heterocycles. The van der Waals surface area contributed by atoms with Gasteiger partial charge in [0.2, 0.25) is 0 Å². The fourth-order valence-electron chi connectivity index (χ4n) is 3.19. The molecular formula is C17H26N4O2. The fourth-order valence-corrected chi connectivity index (χ4v) is 3.19. The molecule has 1 saturated heterocycles. The third kappa shape index (κ3) is 3.49. The molecule has 0 spiro atoms. The van der Waals surface area contributed by atoms with Crippen LogP contribution in [-0.4, -0.2) is 54.5 Å². The lowest BCUT2D eigenvalue weighted by molar-refractivity contribution is -0.00715. The molecule has 0 atom stereocenters. The molecule has 2 aromatic rings. The van der Waals surface area contributed by atoms with Gasteiger partial charge in [0.1, 0.15) is 11.5 Å². The third-order valence-electron chi connectivity index (χ3n) is 4.85. The standard InChI is InChI=1S/C17H26N4O2/c1-13-4-5-15(23-13)16-14(11-19-20-16)10-18-12-17(21(2)3)6-8-22-9-7-17/h4-5,11,18H,6-10,12H2,1-3H3,(H,19,20). The minimum absolute atomic E-state index is 0.170. The van der Waals surface area contributed by atoms with Gasteiger partial charge in [-0.1, -0.05) is 0 Å². The second-order valence-electron chi connectivity index (χ2n) is 6.52. The molecule has 1 aliphatic rings. The monoisotopic (exact) mass is 318 g/mol. The second-order valence-corrected chi connectivity index (χ2v) is 6.52. The minimum atomic E-state index is 0.170. The summed E-state index contributed by atoms with van der Waals surface area (Å²) in [5.41, 5.74) is 2.25. The van der Waals surface area contributed by atoms with Gasteiger partial charge >= 0.3 is 0 Å². The van der Waals surface area contributed by atoms with E-state index in [4.69, 9.17) is 9.15 Å². The van der Waals surface area contributed by atoms with E-state index in [-0.39, 0.29) is 5.54 Å². The van der Waals surface area contributed by atoms with Crippen molar-refractivity contribution < 1.29 is 9.15 Å². The van der Waals surface area contributed by atoms with Crippen LogP contribution in [0.4, 0.5) is 0 Å². The Morgan fingerprint density at radius 2 is 2.09 bits per heavy atom. The second kappa shape index (κ2) is 6.86. The highest BCUT2D eigenvalue weighted by Crippen LogP contribution is 2.26. The summed E-state index contributed by atoms with van der Waals surface area (Å²) in [6.45, 7) is 5.32. The van der Waals surface area contributed by atoms with E-state index in [0.717, 1.165) is 61.9 Å². The molecule has 2 N–H and O–H groups in total. The summed E-state index contributed by atoms with van der Waals surface area (Å²) in [6, 6.07) is 3.95. The van der Waals surface area contributed by atoms with Crippen molar-refractivity contribution in [2.24, 2.45) is 0 Å². The summed E-state index contributed by atoms with van der Waals surface area (Å²) in [5.74, 6) is 1.74. The molecule has 0 radical (unpaired) electrons. The molecule has 6 heteroatoms. The fraction of sp³-hybridized carbons (Fsp3) is 0.588. The normalized spacial score (nSPS) is 17.7. The van der Waals surface area contributed by atoms with Crippen LogP contribution in [0.1, 0.15) is 24.2 Å². The average Bonchev–Trinajstić information content (AvgIpc) is 3.17. The topological polar surface area (TPSA) is 66.3 Å². The Morgan fingerprint density at radius 1 is 1.30 bits per heavy atom. The number of nitrogens with one attached hydrogen (secondary N) is 2. The molecule has 2 aromatic heterocycles. The van der Waals surface area contributed by atoms with Crippen LogP contribution in [-0.2, 0) is 11.3 Å². The van der Waals surface area contributed by atoms with Crippen LogP contribution in [0, 0.1) is 6.92 Å². The summed E-state index contributed by atoms with van der Waals surface area (Å²) in [4.78, 5) is 2.33. The van der Waals surface area contributed by atoms with E-state index in [1.54, 1.807) is 0 Å². The zero-order valence-electron chi connectivity index (χ0n) is 14.2. The maximum absolute atomic E-state index is 5.70. The molecule has 3 heterocycles. The van der Waals surface area contributed by atoms with Crippen molar-refractivity contribution >= 4 is 0 Å². The van der Waals surface area contributed by atoms with E-state index in [2.05, 4.69) is 34.5 Å². The van der Waals surface area contributed by atoms with E-state index in [1.165, 1.54) is 0 Å². The maximum Gasteiger partial charge on any atom is 0.152 e. The van der Waals surface area contributed by atoms with Gasteiger partial charge in [0.05, 0.1) is 6.20 Å². The van der Waals surface area contributed by atoms with Gasteiger partial charge in [0.15, 0.2) is 5.76 Å². The first-order chi connectivity index (χ1) is 11.1. The predicted molar refractivity (Wildman–Crippen MR) is 89.2 cm³/mol. The van der Waals surface area contributed by atoms with E-state index in [9.17, 15) is 0 Å². The Bertz CT molecular complexity index is 626. The zero-order chi connectivity index (χ0) is 16.3. The highest BCUT2D eigenvalue weighted by atomic mass is 16.5. The first kappa shape index (κ1) is 16.2. The molecule has 0 unspecified atom stereocenters. The predicted octanol–water partition coefficient (Wildman–Crippen LogP) is 2.18. The summed E-state index contributed by atoms with van der Waals surface area (Å²) in [5, 5.41) is 10.8. The Labute approximate surface area is 137 Å². The molecule has 23 heavy (non-hydrogen) atoms. The van der Waals surface area contributed by atoms with Crippen molar-refractivity contribution in [1.29, 1.82) is 0 Å². The van der Waals surface area contributed by atoms with Crippen LogP contribution in [0.25, 0.3) is 11.5 Å². The van der Waals surface area contributed by atoms with Crippen molar-refractivity contribution in [2.45, 2.75) is 31.8 Å². The first-order valence-electron chi connectivity index (χ1n) is 8.16. The van der Waals surface area contributed by atoms with Crippen LogP contribution < -0.4 is 5.32 Å². The molecule has 1 fully saturated rings. The van der Waals surface area contributed by atoms with E-state index in [0.29, 0.717) is 0 Å². The number of aromatic nitrogens is 2. The number of aryl methyl sites for hydroxylation is 1. The summed E-state index contributed by atoms with van der Waals surface area (Å²) >= 11 is 0. The van der Waals surface area contributed by atoms with Gasteiger partial charge < -0.3 is 19.4 Å². The van der Waals surface area contributed by atoms with Crippen molar-refractivity contribution in [3.8, 4) is 11.5 Å². The highest BCUT2D eigenvalue weighted by Gasteiger charge is 2.34. The lowest BCUT2D eigenvalue weighted by Crippen LogP contribution is -2.54. The van der Waals surface area contributed by atoms with Crippen molar-refractivity contribution in [3.05, 3.63) is 29.7 Å². The molecule has 0 aliphatic carbocycles. The average molecular weight is 318 g/mol. The van der Waals surface area contributed by atoms with Crippen LogP contribution >= 0.6 is 0 Å². The van der Waals surface area contributed by atoms with Gasteiger partial charge in [0, 0.05) is 37.4 Å². The lowest BCUT2D eigenvalue weighted by Gasteiger charge is -2.43. The molecule has 0 bridgehead atoms. The molecule has 0 amide bonds. The van der Waals surface area contributed by atoms with Crippen LogP contribution in [0.3, 0.4) is 0 Å². The number of hydrogen-bond donors (Lipinski definition) is 2. The number of likely N-dealkylation sites (N-methyl/N-ethyl adjacent to an activating group) is 1. The number of ether oxygens (including phenoxy) is 1. The van der Waals surface area contributed by atoms with Gasteiger partial charge in [-0.15, -0.1) is 0 Å². The molecule has 0 saturated carbocycles. The van der Waals surface area contributed by atoms with Gasteiger partial charge in [-0.2, -0.15) is 5.10 Å². The van der Waals surface area contributed by atoms with E-state index >= 15 is 0 Å². The highest BCUT2D eigenvalue weighted by molar-refractivity contribution is 5.56. The Balaban J connectivity index is 1.64.